The van der Waals surface area contributed by atoms with Crippen LogP contribution in [0.3, 0.4) is 0 Å². The van der Waals surface area contributed by atoms with Crippen LogP contribution in [0.25, 0.3) is 0 Å². The number of sulfonamides is 1. The molecular formula is C17H19F2NO4S. The van der Waals surface area contributed by atoms with Crippen molar-refractivity contribution in [3.8, 4) is 11.5 Å². The second-order valence-electron chi connectivity index (χ2n) is 5.41. The number of aryl methyl sites for hydroxylation is 2. The van der Waals surface area contributed by atoms with Crippen LogP contribution in [0.5, 0.6) is 11.5 Å². The van der Waals surface area contributed by atoms with Gasteiger partial charge in [0.2, 0.25) is 10.0 Å². The van der Waals surface area contributed by atoms with Crippen molar-refractivity contribution in [2.45, 2.75) is 18.7 Å². The van der Waals surface area contributed by atoms with Gasteiger partial charge in [-0.2, -0.15) is 0 Å². The molecule has 8 heteroatoms. The van der Waals surface area contributed by atoms with Crippen molar-refractivity contribution in [2.75, 3.05) is 20.3 Å². The van der Waals surface area contributed by atoms with E-state index >= 15 is 0 Å². The molecule has 0 heterocycles. The Labute approximate surface area is 145 Å². The molecule has 0 spiro atoms. The first-order valence-electron chi connectivity index (χ1n) is 7.47. The number of nitrogens with one attached hydrogen (secondary N) is 1. The molecule has 0 fully saturated rings. The van der Waals surface area contributed by atoms with E-state index in [0.717, 1.165) is 12.1 Å². The summed E-state index contributed by atoms with van der Waals surface area (Å²) in [5.74, 6) is -1.09. The Morgan fingerprint density at radius 2 is 1.76 bits per heavy atom. The van der Waals surface area contributed by atoms with E-state index in [0.29, 0.717) is 22.9 Å². The Bertz CT molecular complexity index is 869. The van der Waals surface area contributed by atoms with Gasteiger partial charge in [-0.15, -0.1) is 0 Å². The van der Waals surface area contributed by atoms with E-state index in [4.69, 9.17) is 9.47 Å². The molecule has 25 heavy (non-hydrogen) atoms. The van der Waals surface area contributed by atoms with Crippen LogP contribution in [0.4, 0.5) is 8.78 Å². The molecule has 136 valence electrons. The molecule has 0 unspecified atom stereocenters. The van der Waals surface area contributed by atoms with Gasteiger partial charge in [0.05, 0.1) is 12.0 Å². The third-order valence-corrected chi connectivity index (χ3v) is 5.13. The Hall–Kier alpha value is -2.19. The first-order chi connectivity index (χ1) is 11.7. The van der Waals surface area contributed by atoms with E-state index in [1.165, 1.54) is 13.2 Å². The number of rotatable bonds is 7. The van der Waals surface area contributed by atoms with Crippen molar-refractivity contribution in [2.24, 2.45) is 0 Å². The summed E-state index contributed by atoms with van der Waals surface area (Å²) >= 11 is 0. The number of methoxy groups -OCH3 is 1. The lowest BCUT2D eigenvalue weighted by atomic mass is 10.1. The second-order valence-corrected chi connectivity index (χ2v) is 7.14. The van der Waals surface area contributed by atoms with Gasteiger partial charge in [0.15, 0.2) is 11.6 Å². The molecule has 0 amide bonds. The Morgan fingerprint density at radius 3 is 2.40 bits per heavy atom. The van der Waals surface area contributed by atoms with Crippen LogP contribution >= 0.6 is 0 Å². The smallest absolute Gasteiger partial charge is 0.240 e. The van der Waals surface area contributed by atoms with Crippen LogP contribution in [0.15, 0.2) is 35.2 Å². The predicted molar refractivity (Wildman–Crippen MR) is 89.5 cm³/mol. The number of hydrogen-bond acceptors (Lipinski definition) is 4. The number of ether oxygens (including phenoxy) is 2. The van der Waals surface area contributed by atoms with E-state index in [1.807, 2.05) is 0 Å². The summed E-state index contributed by atoms with van der Waals surface area (Å²) in [5.41, 5.74) is 1.23. The van der Waals surface area contributed by atoms with Crippen molar-refractivity contribution in [3.05, 3.63) is 53.1 Å². The highest BCUT2D eigenvalue weighted by Crippen LogP contribution is 2.25. The highest BCUT2D eigenvalue weighted by molar-refractivity contribution is 7.89. The summed E-state index contributed by atoms with van der Waals surface area (Å²) in [6, 6.07) is 6.08. The third kappa shape index (κ3) is 4.67. The van der Waals surface area contributed by atoms with Gasteiger partial charge in [0.1, 0.15) is 18.2 Å². The molecule has 0 aromatic heterocycles. The van der Waals surface area contributed by atoms with Crippen LogP contribution in [-0.2, 0) is 10.0 Å². The predicted octanol–water partition coefficient (Wildman–Crippen LogP) is 2.95. The van der Waals surface area contributed by atoms with Crippen LogP contribution in [0.1, 0.15) is 11.1 Å². The van der Waals surface area contributed by atoms with E-state index in [2.05, 4.69) is 4.72 Å². The Morgan fingerprint density at radius 1 is 1.04 bits per heavy atom. The van der Waals surface area contributed by atoms with Crippen LogP contribution in [-0.4, -0.2) is 28.7 Å². The number of benzene rings is 2. The topological polar surface area (TPSA) is 64.6 Å². The first kappa shape index (κ1) is 19.1. The molecule has 2 rings (SSSR count). The molecule has 0 aliphatic rings. The maximum atomic E-state index is 13.4. The van der Waals surface area contributed by atoms with Gasteiger partial charge in [-0.25, -0.2) is 21.9 Å². The van der Waals surface area contributed by atoms with Crippen molar-refractivity contribution in [1.82, 2.24) is 4.72 Å². The van der Waals surface area contributed by atoms with Gasteiger partial charge in [-0.3, -0.25) is 0 Å². The zero-order valence-corrected chi connectivity index (χ0v) is 14.9. The molecular weight excluding hydrogens is 352 g/mol. The zero-order valence-electron chi connectivity index (χ0n) is 14.1. The standard InChI is InChI=1S/C17H19F2NO4S/c1-11-9-17(12(2)8-16(11)23-3)25(21,22)20-6-7-24-15-5-4-13(18)10-14(15)19/h4-5,8-10,20H,6-7H2,1-3H3. The van der Waals surface area contributed by atoms with E-state index in [9.17, 15) is 17.2 Å². The minimum atomic E-state index is -3.75. The molecule has 2 aromatic rings. The highest BCUT2D eigenvalue weighted by atomic mass is 32.2. The molecule has 0 aliphatic carbocycles. The minimum Gasteiger partial charge on any atom is -0.496 e. The SMILES string of the molecule is COc1cc(C)c(S(=O)(=O)NCCOc2ccc(F)cc2F)cc1C. The number of halogens is 2. The normalized spacial score (nSPS) is 11.4. The second kappa shape index (κ2) is 7.79. The van der Waals surface area contributed by atoms with Crippen LogP contribution < -0.4 is 14.2 Å². The Balaban J connectivity index is 2.01. The fraction of sp³-hybridized carbons (Fsp3) is 0.294. The maximum absolute atomic E-state index is 13.4. The summed E-state index contributed by atoms with van der Waals surface area (Å²) in [6.07, 6.45) is 0. The molecule has 0 saturated carbocycles. The molecule has 0 atom stereocenters. The van der Waals surface area contributed by atoms with Crippen LogP contribution in [0.2, 0.25) is 0 Å². The largest absolute Gasteiger partial charge is 0.496 e. The minimum absolute atomic E-state index is 0.0658. The van der Waals surface area contributed by atoms with E-state index in [-0.39, 0.29) is 23.8 Å². The molecule has 0 bridgehead atoms. The summed E-state index contributed by atoms with van der Waals surface area (Å²) in [7, 11) is -2.24. The van der Waals surface area contributed by atoms with Gasteiger partial charge in [-0.1, -0.05) is 0 Å². The lowest BCUT2D eigenvalue weighted by Crippen LogP contribution is -2.29. The quantitative estimate of drug-likeness (QED) is 0.760. The fourth-order valence-electron chi connectivity index (χ4n) is 2.28. The average molecular weight is 371 g/mol. The average Bonchev–Trinajstić information content (AvgIpc) is 2.54. The van der Waals surface area contributed by atoms with Gasteiger partial charge >= 0.3 is 0 Å². The van der Waals surface area contributed by atoms with E-state index < -0.39 is 21.7 Å². The summed E-state index contributed by atoms with van der Waals surface area (Å²) < 4.78 is 63.7. The van der Waals surface area contributed by atoms with Gasteiger partial charge in [0, 0.05) is 12.6 Å². The van der Waals surface area contributed by atoms with Crippen LogP contribution in [0, 0.1) is 25.5 Å². The molecule has 5 nitrogen and oxygen atoms in total. The molecule has 2 aromatic carbocycles. The molecule has 1 N–H and O–H groups in total. The summed E-state index contributed by atoms with van der Waals surface area (Å²) in [4.78, 5) is 0.138. The number of hydrogen-bond donors (Lipinski definition) is 1. The van der Waals surface area contributed by atoms with Gasteiger partial charge in [-0.05, 0) is 49.2 Å². The molecule has 0 saturated heterocycles. The lowest BCUT2D eigenvalue weighted by molar-refractivity contribution is 0.305. The molecule has 0 aliphatic heterocycles. The lowest BCUT2D eigenvalue weighted by Gasteiger charge is -2.13. The highest BCUT2D eigenvalue weighted by Gasteiger charge is 2.18. The molecule has 0 radical (unpaired) electrons. The zero-order chi connectivity index (χ0) is 18.6. The van der Waals surface area contributed by atoms with E-state index in [1.54, 1.807) is 19.9 Å². The van der Waals surface area contributed by atoms with Crippen molar-refractivity contribution in [3.63, 3.8) is 0 Å². The third-order valence-electron chi connectivity index (χ3n) is 3.53. The first-order valence-corrected chi connectivity index (χ1v) is 8.95. The van der Waals surface area contributed by atoms with Gasteiger partial charge < -0.3 is 9.47 Å². The maximum Gasteiger partial charge on any atom is 0.240 e. The van der Waals surface area contributed by atoms with Gasteiger partial charge in [0.25, 0.3) is 0 Å². The summed E-state index contributed by atoms with van der Waals surface area (Å²) in [5, 5.41) is 0. The van der Waals surface area contributed by atoms with Crippen molar-refractivity contribution < 1.29 is 26.7 Å². The fourth-order valence-corrected chi connectivity index (χ4v) is 3.60. The van der Waals surface area contributed by atoms with Crippen molar-refractivity contribution >= 4 is 10.0 Å². The summed E-state index contributed by atoms with van der Waals surface area (Å²) in [6.45, 7) is 3.25. The Kier molecular flexibility index (Phi) is 5.97. The monoisotopic (exact) mass is 371 g/mol. The van der Waals surface area contributed by atoms with Crippen molar-refractivity contribution in [1.29, 1.82) is 0 Å².